The van der Waals surface area contributed by atoms with Crippen LogP contribution in [-0.2, 0) is 20.8 Å². The third kappa shape index (κ3) is 6.04. The van der Waals surface area contributed by atoms with Gasteiger partial charge in [-0.25, -0.2) is 4.79 Å². The van der Waals surface area contributed by atoms with Crippen LogP contribution in [0.2, 0.25) is 18.6 Å². The number of rotatable bonds is 10. The minimum Gasteiger partial charge on any atom is -0.490 e. The van der Waals surface area contributed by atoms with Gasteiger partial charge in [0.25, 0.3) is 0 Å². The van der Waals surface area contributed by atoms with E-state index in [4.69, 9.17) is 14.2 Å². The highest BCUT2D eigenvalue weighted by Gasteiger charge is 2.47. The second-order valence-corrected chi connectivity index (χ2v) is 14.6. The summed E-state index contributed by atoms with van der Waals surface area (Å²) in [7, 11) is -1.27. The molecule has 1 saturated heterocycles. The molecule has 4 rings (SSSR count). The first kappa shape index (κ1) is 28.1. The van der Waals surface area contributed by atoms with Crippen LogP contribution >= 0.6 is 0 Å². The van der Waals surface area contributed by atoms with Crippen LogP contribution in [0, 0.1) is 5.92 Å². The van der Waals surface area contributed by atoms with Gasteiger partial charge in [-0.1, -0.05) is 37.3 Å². The number of carbonyl (C=O) groups is 2. The average molecular weight is 543 g/mol. The van der Waals surface area contributed by atoms with Crippen LogP contribution in [0.1, 0.15) is 30.6 Å². The number of cyclic esters (lactones) is 1. The lowest BCUT2D eigenvalue weighted by molar-refractivity contribution is -0.133. The molecule has 2 N–H and O–H groups in total. The lowest BCUT2D eigenvalue weighted by Crippen LogP contribution is -2.50. The van der Waals surface area contributed by atoms with Crippen LogP contribution in [0.4, 0.5) is 10.5 Å². The SMILES string of the molecule is CO[C@H]1c2cc(N3CCOC3=O)ccc2O[C@@H](C(CC(=O)N(CCO)Cc2ccccc2)[Si](C)(C)O)[C@@H]1C. The van der Waals surface area contributed by atoms with Crippen LogP contribution in [0.5, 0.6) is 5.75 Å². The van der Waals surface area contributed by atoms with Crippen molar-refractivity contribution in [1.82, 2.24) is 4.90 Å². The Kier molecular flexibility index (Phi) is 8.77. The molecule has 0 aliphatic carbocycles. The van der Waals surface area contributed by atoms with E-state index in [1.165, 1.54) is 0 Å². The number of anilines is 1. The van der Waals surface area contributed by atoms with Gasteiger partial charge in [0.2, 0.25) is 5.91 Å². The molecule has 2 aromatic carbocycles. The Morgan fingerprint density at radius 3 is 2.58 bits per heavy atom. The first-order valence-electron chi connectivity index (χ1n) is 13.1. The summed E-state index contributed by atoms with van der Waals surface area (Å²) in [6.45, 7) is 6.93. The molecular weight excluding hydrogens is 504 g/mol. The zero-order chi connectivity index (χ0) is 27.4. The third-order valence-corrected chi connectivity index (χ3v) is 9.87. The molecule has 2 aromatic rings. The molecule has 1 unspecified atom stereocenters. The van der Waals surface area contributed by atoms with Crippen molar-refractivity contribution in [3.05, 3.63) is 59.7 Å². The van der Waals surface area contributed by atoms with Crippen molar-refractivity contribution in [2.75, 3.05) is 38.3 Å². The minimum absolute atomic E-state index is 0.0982. The Hall–Kier alpha value is -2.92. The summed E-state index contributed by atoms with van der Waals surface area (Å²) < 4.78 is 17.5. The van der Waals surface area contributed by atoms with Crippen molar-refractivity contribution in [3.63, 3.8) is 0 Å². The fraction of sp³-hybridized carbons (Fsp3) is 0.500. The molecule has 2 aliphatic rings. The topological polar surface area (TPSA) is 109 Å². The summed E-state index contributed by atoms with van der Waals surface area (Å²) in [5.74, 6) is 0.301. The van der Waals surface area contributed by atoms with Gasteiger partial charge < -0.3 is 29.0 Å². The van der Waals surface area contributed by atoms with Crippen LogP contribution in [0.3, 0.4) is 0 Å². The minimum atomic E-state index is -2.90. The smallest absolute Gasteiger partial charge is 0.414 e. The van der Waals surface area contributed by atoms with Gasteiger partial charge in [-0.3, -0.25) is 9.69 Å². The molecule has 4 atom stereocenters. The van der Waals surface area contributed by atoms with E-state index in [-0.39, 0.29) is 43.6 Å². The van der Waals surface area contributed by atoms with Crippen molar-refractivity contribution in [2.45, 2.75) is 50.7 Å². The largest absolute Gasteiger partial charge is 0.490 e. The standard InChI is InChI=1S/C28H38N2O7Si/c1-19-26(35-2)22-16-21(30-13-15-36-28(30)33)10-11-23(22)37-27(19)24(38(3,4)34)17-25(32)29(12-14-31)18-20-8-6-5-7-9-20/h5-11,16,19,24,26-27,31,34H,12-15,17-18H2,1-4H3/t19-,24?,26-,27-/m1/s1. The van der Waals surface area contributed by atoms with E-state index in [0.29, 0.717) is 31.1 Å². The van der Waals surface area contributed by atoms with Gasteiger partial charge in [-0.05, 0) is 36.9 Å². The Morgan fingerprint density at radius 1 is 1.24 bits per heavy atom. The molecule has 1 fully saturated rings. The monoisotopic (exact) mass is 542 g/mol. The Balaban J connectivity index is 1.59. The number of amides is 2. The van der Waals surface area contributed by atoms with Crippen LogP contribution < -0.4 is 9.64 Å². The van der Waals surface area contributed by atoms with Gasteiger partial charge in [-0.15, -0.1) is 0 Å². The molecule has 10 heteroatoms. The van der Waals surface area contributed by atoms with Gasteiger partial charge >= 0.3 is 6.09 Å². The van der Waals surface area contributed by atoms with Crippen molar-refractivity contribution >= 4 is 26.0 Å². The van der Waals surface area contributed by atoms with Gasteiger partial charge in [-0.2, -0.15) is 0 Å². The molecule has 2 amide bonds. The van der Waals surface area contributed by atoms with E-state index < -0.39 is 20.0 Å². The fourth-order valence-electron chi connectivity index (χ4n) is 5.46. The molecule has 9 nitrogen and oxygen atoms in total. The van der Waals surface area contributed by atoms with Gasteiger partial charge in [0, 0.05) is 49.3 Å². The number of aliphatic hydroxyl groups excluding tert-OH is 1. The number of nitrogens with zero attached hydrogens (tertiary/aromatic N) is 2. The molecule has 0 spiro atoms. The van der Waals surface area contributed by atoms with Gasteiger partial charge in [0.1, 0.15) is 18.5 Å². The zero-order valence-electron chi connectivity index (χ0n) is 22.5. The highest BCUT2D eigenvalue weighted by molar-refractivity contribution is 6.71. The number of carbonyl (C=O) groups excluding carboxylic acids is 2. The number of fused-ring (bicyclic) bond motifs is 1. The number of benzene rings is 2. The predicted molar refractivity (Wildman–Crippen MR) is 145 cm³/mol. The maximum atomic E-state index is 13.6. The zero-order valence-corrected chi connectivity index (χ0v) is 23.5. The Labute approximate surface area is 225 Å². The number of methoxy groups -OCH3 is 1. The summed E-state index contributed by atoms with van der Waals surface area (Å²) in [6, 6.07) is 15.2. The van der Waals surface area contributed by atoms with Crippen molar-refractivity contribution in [2.24, 2.45) is 5.92 Å². The van der Waals surface area contributed by atoms with Gasteiger partial charge in [0.15, 0.2) is 8.32 Å². The van der Waals surface area contributed by atoms with Crippen molar-refractivity contribution in [3.8, 4) is 5.75 Å². The molecule has 2 aliphatic heterocycles. The lowest BCUT2D eigenvalue weighted by Gasteiger charge is -2.44. The Morgan fingerprint density at radius 2 is 1.97 bits per heavy atom. The highest BCUT2D eigenvalue weighted by Crippen LogP contribution is 2.47. The first-order chi connectivity index (χ1) is 18.1. The highest BCUT2D eigenvalue weighted by atomic mass is 28.4. The van der Waals surface area contributed by atoms with E-state index in [0.717, 1.165) is 11.1 Å². The number of hydrogen-bond donors (Lipinski definition) is 2. The van der Waals surface area contributed by atoms with Crippen LogP contribution in [-0.4, -0.2) is 74.6 Å². The van der Waals surface area contributed by atoms with Crippen LogP contribution in [0.15, 0.2) is 48.5 Å². The molecule has 0 bridgehead atoms. The maximum absolute atomic E-state index is 13.6. The summed E-state index contributed by atoms with van der Waals surface area (Å²) >= 11 is 0. The number of hydrogen-bond acceptors (Lipinski definition) is 7. The lowest BCUT2D eigenvalue weighted by atomic mass is 9.86. The number of ether oxygens (including phenoxy) is 3. The van der Waals surface area contributed by atoms with Crippen LogP contribution in [0.25, 0.3) is 0 Å². The summed E-state index contributed by atoms with van der Waals surface area (Å²) in [5.41, 5.74) is 2.09. The summed E-state index contributed by atoms with van der Waals surface area (Å²) in [5, 5.41) is 9.63. The predicted octanol–water partition coefficient (Wildman–Crippen LogP) is 3.71. The van der Waals surface area contributed by atoms with Crippen molar-refractivity contribution < 1.29 is 33.7 Å². The Bertz CT molecular complexity index is 1120. The van der Waals surface area contributed by atoms with E-state index in [1.54, 1.807) is 16.9 Å². The third-order valence-electron chi connectivity index (χ3n) is 7.52. The average Bonchev–Trinajstić information content (AvgIpc) is 3.32. The second kappa shape index (κ2) is 11.9. The van der Waals surface area contributed by atoms with E-state index >= 15 is 0 Å². The molecule has 0 saturated carbocycles. The molecule has 0 aromatic heterocycles. The second-order valence-electron chi connectivity index (χ2n) is 10.6. The molecular formula is C28H38N2O7Si. The van der Waals surface area contributed by atoms with Crippen molar-refractivity contribution in [1.29, 1.82) is 0 Å². The molecule has 38 heavy (non-hydrogen) atoms. The maximum Gasteiger partial charge on any atom is 0.414 e. The van der Waals surface area contributed by atoms with E-state index in [9.17, 15) is 19.5 Å². The van der Waals surface area contributed by atoms with E-state index in [2.05, 4.69) is 0 Å². The summed E-state index contributed by atoms with van der Waals surface area (Å²) in [4.78, 5) is 40.2. The van der Waals surface area contributed by atoms with Gasteiger partial charge in [0.05, 0.1) is 19.3 Å². The van der Waals surface area contributed by atoms with E-state index in [1.807, 2.05) is 68.5 Å². The molecule has 206 valence electrons. The quantitative estimate of drug-likeness (QED) is 0.441. The normalized spacial score (nSPS) is 21.9. The summed E-state index contributed by atoms with van der Waals surface area (Å²) in [6.07, 6.45) is -1.09. The molecule has 2 heterocycles. The first-order valence-corrected chi connectivity index (χ1v) is 16.1. The fourth-order valence-corrected chi connectivity index (χ4v) is 7.31. The number of aliphatic hydroxyl groups is 1. The molecule has 0 radical (unpaired) electrons.